The summed E-state index contributed by atoms with van der Waals surface area (Å²) < 4.78 is 0. The largest absolute Gasteiger partial charge is 0.308 e. The Morgan fingerprint density at radius 3 is 2.52 bits per heavy atom. The maximum absolute atomic E-state index is 5.59. The lowest BCUT2D eigenvalue weighted by atomic mass is 9.90. The zero-order valence-corrected chi connectivity index (χ0v) is 13.3. The minimum atomic E-state index is 0.484. The lowest BCUT2D eigenvalue weighted by Gasteiger charge is -2.35. The monoisotopic (exact) mass is 289 g/mol. The number of nitrogens with two attached hydrogens (primary N) is 1. The molecule has 1 aromatic heterocycles. The maximum atomic E-state index is 5.59. The van der Waals surface area contributed by atoms with Gasteiger partial charge in [0.25, 0.3) is 0 Å². The number of piperidine rings is 1. The van der Waals surface area contributed by atoms with E-state index >= 15 is 0 Å². The molecule has 0 spiro atoms. The lowest BCUT2D eigenvalue weighted by molar-refractivity contribution is 0.159. The van der Waals surface area contributed by atoms with Crippen molar-refractivity contribution in [3.05, 3.63) is 17.6 Å². The number of nitrogens with one attached hydrogen (secondary N) is 1. The summed E-state index contributed by atoms with van der Waals surface area (Å²) in [5, 5.41) is 0. The molecule has 5 heteroatoms. The van der Waals surface area contributed by atoms with E-state index in [0.717, 1.165) is 23.8 Å². The molecule has 2 bridgehead atoms. The minimum absolute atomic E-state index is 0.484. The molecule has 2 saturated heterocycles. The summed E-state index contributed by atoms with van der Waals surface area (Å²) in [5.74, 6) is 8.41. The molecular weight excluding hydrogens is 262 g/mol. The van der Waals surface area contributed by atoms with Crippen molar-refractivity contribution in [1.29, 1.82) is 0 Å². The van der Waals surface area contributed by atoms with Gasteiger partial charge in [0.05, 0.1) is 0 Å². The maximum Gasteiger partial charge on any atom is 0.143 e. The molecule has 21 heavy (non-hydrogen) atoms. The highest BCUT2D eigenvalue weighted by atomic mass is 15.3. The highest BCUT2D eigenvalue weighted by molar-refractivity contribution is 5.35. The van der Waals surface area contributed by atoms with E-state index in [4.69, 9.17) is 10.8 Å². The van der Waals surface area contributed by atoms with Gasteiger partial charge in [-0.05, 0) is 45.1 Å². The molecule has 3 heterocycles. The predicted molar refractivity (Wildman–Crippen MR) is 84.9 cm³/mol. The second-order valence-electron chi connectivity index (χ2n) is 7.06. The van der Waals surface area contributed by atoms with Gasteiger partial charge in [-0.1, -0.05) is 13.8 Å². The quantitative estimate of drug-likeness (QED) is 0.657. The molecule has 3 rings (SSSR count). The number of nitrogens with zero attached hydrogens (tertiary/aromatic N) is 3. The van der Waals surface area contributed by atoms with E-state index in [1.165, 1.54) is 25.7 Å². The van der Waals surface area contributed by atoms with Crippen molar-refractivity contribution in [2.45, 2.75) is 64.0 Å². The van der Waals surface area contributed by atoms with Gasteiger partial charge < -0.3 is 10.3 Å². The van der Waals surface area contributed by atoms with Crippen LogP contribution in [0.15, 0.2) is 6.07 Å². The molecule has 0 aliphatic carbocycles. The van der Waals surface area contributed by atoms with Crippen LogP contribution in [0.1, 0.15) is 57.0 Å². The van der Waals surface area contributed by atoms with Crippen LogP contribution in [0.5, 0.6) is 0 Å². The van der Waals surface area contributed by atoms with E-state index < -0.39 is 0 Å². The summed E-state index contributed by atoms with van der Waals surface area (Å²) in [4.78, 5) is 12.0. The summed E-state index contributed by atoms with van der Waals surface area (Å²) in [6.07, 6.45) is 5.99. The molecule has 0 amide bonds. The van der Waals surface area contributed by atoms with Crippen LogP contribution < -0.4 is 11.3 Å². The fourth-order valence-corrected chi connectivity index (χ4v) is 3.92. The Kier molecular flexibility index (Phi) is 4.13. The molecule has 3 N–H and O–H groups in total. The van der Waals surface area contributed by atoms with Crippen LogP contribution in [-0.2, 0) is 6.42 Å². The molecule has 116 valence electrons. The number of hydrogen-bond donors (Lipinski definition) is 2. The predicted octanol–water partition coefficient (Wildman–Crippen LogP) is 2.30. The van der Waals surface area contributed by atoms with Gasteiger partial charge in [-0.2, -0.15) is 0 Å². The van der Waals surface area contributed by atoms with Crippen LogP contribution >= 0.6 is 0 Å². The molecule has 5 nitrogen and oxygen atoms in total. The van der Waals surface area contributed by atoms with E-state index in [0.29, 0.717) is 23.9 Å². The summed E-state index contributed by atoms with van der Waals surface area (Å²) in [6, 6.07) is 3.40. The van der Waals surface area contributed by atoms with Crippen molar-refractivity contribution in [3.8, 4) is 0 Å². The number of anilines is 1. The molecule has 0 saturated carbocycles. The van der Waals surface area contributed by atoms with Crippen molar-refractivity contribution in [1.82, 2.24) is 14.9 Å². The molecular formula is C16H27N5. The number of aromatic nitrogens is 2. The Morgan fingerprint density at radius 1 is 1.29 bits per heavy atom. The van der Waals surface area contributed by atoms with Crippen molar-refractivity contribution >= 4 is 5.82 Å². The first-order valence-corrected chi connectivity index (χ1v) is 8.13. The average molecular weight is 289 g/mol. The summed E-state index contributed by atoms with van der Waals surface area (Å²) in [5.41, 5.74) is 3.81. The standard InChI is InChI=1S/C16H27N5/c1-10(2)6-12-9-15(20-17)19-16(18-12)11-7-13-4-5-14(8-11)21(13)3/h9-11,13-14H,4-8,17H2,1-3H3,(H,18,19,20). The topological polar surface area (TPSA) is 67.1 Å². The second kappa shape index (κ2) is 5.89. The Labute approximate surface area is 127 Å². The van der Waals surface area contributed by atoms with Gasteiger partial charge in [0.15, 0.2) is 0 Å². The number of hydrogen-bond acceptors (Lipinski definition) is 5. The molecule has 2 unspecified atom stereocenters. The third kappa shape index (κ3) is 3.04. The van der Waals surface area contributed by atoms with E-state index in [1.54, 1.807) is 0 Å². The van der Waals surface area contributed by atoms with Crippen LogP contribution in [0.4, 0.5) is 5.82 Å². The third-order valence-electron chi connectivity index (χ3n) is 5.03. The summed E-state index contributed by atoms with van der Waals surface area (Å²) in [7, 11) is 2.27. The fraction of sp³-hybridized carbons (Fsp3) is 0.750. The number of rotatable bonds is 4. The van der Waals surface area contributed by atoms with Crippen molar-refractivity contribution in [2.24, 2.45) is 11.8 Å². The Morgan fingerprint density at radius 2 is 1.95 bits per heavy atom. The number of hydrazine groups is 1. The van der Waals surface area contributed by atoms with Crippen LogP contribution in [-0.4, -0.2) is 34.0 Å². The second-order valence-corrected chi connectivity index (χ2v) is 7.06. The van der Waals surface area contributed by atoms with Gasteiger partial charge in [-0.25, -0.2) is 15.8 Å². The minimum Gasteiger partial charge on any atom is -0.308 e. The molecule has 2 aliphatic heterocycles. The molecule has 0 aromatic carbocycles. The zero-order chi connectivity index (χ0) is 15.0. The number of fused-ring (bicyclic) bond motifs is 2. The fourth-order valence-electron chi connectivity index (χ4n) is 3.92. The summed E-state index contributed by atoms with van der Waals surface area (Å²) in [6.45, 7) is 4.43. The highest BCUT2D eigenvalue weighted by Gasteiger charge is 2.39. The van der Waals surface area contributed by atoms with E-state index in [1.807, 2.05) is 6.07 Å². The van der Waals surface area contributed by atoms with E-state index in [2.05, 4.69) is 36.2 Å². The van der Waals surface area contributed by atoms with Gasteiger partial charge >= 0.3 is 0 Å². The smallest absolute Gasteiger partial charge is 0.143 e. The van der Waals surface area contributed by atoms with Crippen LogP contribution in [0.3, 0.4) is 0 Å². The Balaban J connectivity index is 1.84. The van der Waals surface area contributed by atoms with Gasteiger partial charge in [0.2, 0.25) is 0 Å². The Hall–Kier alpha value is -1.20. The highest BCUT2D eigenvalue weighted by Crippen LogP contribution is 2.41. The van der Waals surface area contributed by atoms with Gasteiger partial charge in [0, 0.05) is 29.8 Å². The zero-order valence-electron chi connectivity index (χ0n) is 13.3. The Bertz CT molecular complexity index is 487. The number of nitrogen functional groups attached to an aromatic ring is 1. The first-order valence-electron chi connectivity index (χ1n) is 8.13. The van der Waals surface area contributed by atoms with Crippen LogP contribution in [0, 0.1) is 5.92 Å². The van der Waals surface area contributed by atoms with Crippen molar-refractivity contribution < 1.29 is 0 Å². The molecule has 2 atom stereocenters. The van der Waals surface area contributed by atoms with Crippen LogP contribution in [0.2, 0.25) is 0 Å². The van der Waals surface area contributed by atoms with Gasteiger partial charge in [0.1, 0.15) is 11.6 Å². The lowest BCUT2D eigenvalue weighted by Crippen LogP contribution is -2.39. The third-order valence-corrected chi connectivity index (χ3v) is 5.03. The molecule has 2 fully saturated rings. The van der Waals surface area contributed by atoms with E-state index in [9.17, 15) is 0 Å². The van der Waals surface area contributed by atoms with Gasteiger partial charge in [-0.15, -0.1) is 0 Å². The van der Waals surface area contributed by atoms with Gasteiger partial charge in [-0.3, -0.25) is 0 Å². The SMILES string of the molecule is CC(C)Cc1cc(NN)nc(C2CC3CCC(C2)N3C)n1. The first-order chi connectivity index (χ1) is 10.1. The van der Waals surface area contributed by atoms with Crippen molar-refractivity contribution in [2.75, 3.05) is 12.5 Å². The summed E-state index contributed by atoms with van der Waals surface area (Å²) >= 11 is 0. The van der Waals surface area contributed by atoms with Crippen molar-refractivity contribution in [3.63, 3.8) is 0 Å². The molecule has 2 aliphatic rings. The molecule has 0 radical (unpaired) electrons. The van der Waals surface area contributed by atoms with E-state index in [-0.39, 0.29) is 0 Å². The first kappa shape index (κ1) is 14.7. The molecule has 1 aromatic rings. The van der Waals surface area contributed by atoms with Crippen LogP contribution in [0.25, 0.3) is 0 Å². The average Bonchev–Trinajstić information content (AvgIpc) is 2.67. The normalized spacial score (nSPS) is 29.1.